The number of amides is 1. The van der Waals surface area contributed by atoms with Gasteiger partial charge in [-0.05, 0) is 82.0 Å². The highest BCUT2D eigenvalue weighted by molar-refractivity contribution is 7.89. The molecule has 2 fully saturated rings. The van der Waals surface area contributed by atoms with Crippen LogP contribution in [0.4, 0.5) is 5.13 Å². The number of rotatable bonds is 6. The fourth-order valence-electron chi connectivity index (χ4n) is 5.12. The van der Waals surface area contributed by atoms with Crippen LogP contribution in [0.5, 0.6) is 0 Å². The molecule has 3 atom stereocenters. The molecule has 0 saturated carbocycles. The minimum Gasteiger partial charge on any atom is -0.376 e. The molecule has 0 radical (unpaired) electrons. The van der Waals surface area contributed by atoms with Crippen LogP contribution in [0.1, 0.15) is 48.2 Å². The Balaban J connectivity index is 1.44. The van der Waals surface area contributed by atoms with E-state index in [4.69, 9.17) is 14.5 Å². The molecule has 0 aliphatic carbocycles. The van der Waals surface area contributed by atoms with Gasteiger partial charge in [0.1, 0.15) is 0 Å². The van der Waals surface area contributed by atoms with Gasteiger partial charge in [0.25, 0.3) is 5.91 Å². The van der Waals surface area contributed by atoms with Gasteiger partial charge in [-0.3, -0.25) is 9.69 Å². The van der Waals surface area contributed by atoms with Crippen LogP contribution in [0, 0.1) is 13.8 Å². The summed E-state index contributed by atoms with van der Waals surface area (Å²) in [6, 6.07) is 10.4. The van der Waals surface area contributed by atoms with Gasteiger partial charge < -0.3 is 9.47 Å². The summed E-state index contributed by atoms with van der Waals surface area (Å²) in [7, 11) is -3.69. The van der Waals surface area contributed by atoms with Gasteiger partial charge in [-0.15, -0.1) is 0 Å². The molecule has 5 rings (SSSR count). The maximum Gasteiger partial charge on any atom is 0.260 e. The highest BCUT2D eigenvalue weighted by Gasteiger charge is 2.33. The first-order chi connectivity index (χ1) is 17.6. The molecule has 10 heteroatoms. The van der Waals surface area contributed by atoms with Crippen molar-refractivity contribution in [3.05, 3.63) is 53.1 Å². The van der Waals surface area contributed by atoms with Crippen LogP contribution in [0.3, 0.4) is 0 Å². The Kier molecular flexibility index (Phi) is 7.39. The second-order valence-corrected chi connectivity index (χ2v) is 13.0. The van der Waals surface area contributed by atoms with Crippen molar-refractivity contribution in [2.45, 2.75) is 63.7 Å². The van der Waals surface area contributed by atoms with Gasteiger partial charge in [0.05, 0.1) is 40.0 Å². The maximum absolute atomic E-state index is 13.8. The van der Waals surface area contributed by atoms with Crippen LogP contribution in [0.15, 0.2) is 41.3 Å². The zero-order valence-corrected chi connectivity index (χ0v) is 23.3. The fourth-order valence-corrected chi connectivity index (χ4v) is 7.86. The molecule has 0 bridgehead atoms. The molecule has 0 spiro atoms. The van der Waals surface area contributed by atoms with Crippen molar-refractivity contribution in [1.29, 1.82) is 0 Å². The Morgan fingerprint density at radius 3 is 2.49 bits per heavy atom. The molecule has 3 unspecified atom stereocenters. The summed E-state index contributed by atoms with van der Waals surface area (Å²) in [5.41, 5.74) is 3.53. The van der Waals surface area contributed by atoms with E-state index >= 15 is 0 Å². The summed E-state index contributed by atoms with van der Waals surface area (Å²) in [6.45, 7) is 9.52. The van der Waals surface area contributed by atoms with Gasteiger partial charge in [0.2, 0.25) is 10.0 Å². The zero-order chi connectivity index (χ0) is 26.3. The number of benzene rings is 2. The lowest BCUT2D eigenvalue weighted by atomic mass is 10.1. The third kappa shape index (κ3) is 5.44. The Labute approximate surface area is 222 Å². The minimum atomic E-state index is -3.69. The highest BCUT2D eigenvalue weighted by Crippen LogP contribution is 2.33. The number of aromatic nitrogens is 1. The van der Waals surface area contributed by atoms with Crippen LogP contribution in [0.2, 0.25) is 0 Å². The third-order valence-corrected chi connectivity index (χ3v) is 9.70. The van der Waals surface area contributed by atoms with E-state index in [1.807, 2.05) is 20.8 Å². The molecule has 2 aliphatic heterocycles. The number of hydrogen-bond acceptors (Lipinski definition) is 7. The monoisotopic (exact) mass is 543 g/mol. The topological polar surface area (TPSA) is 89.0 Å². The number of carbonyl (C=O) groups excluding carboxylic acids is 1. The van der Waals surface area contributed by atoms with E-state index in [9.17, 15) is 13.2 Å². The molecule has 0 N–H and O–H groups in total. The Morgan fingerprint density at radius 1 is 1.14 bits per heavy atom. The molecule has 1 amide bonds. The standard InChI is InChI=1S/C27H33N3O5S2/c1-17-12-18(2)25-24(13-17)36-27(28-25)30(16-22-6-5-11-34-22)26(31)21-7-9-23(10-8-21)37(32,33)29-14-19(3)35-20(4)15-29/h7-10,12-13,19-20,22H,5-6,11,14-16H2,1-4H3. The molecule has 2 aromatic carbocycles. The minimum absolute atomic E-state index is 0.0521. The first-order valence-corrected chi connectivity index (χ1v) is 14.9. The van der Waals surface area contributed by atoms with E-state index in [-0.39, 0.29) is 29.1 Å². The molecule has 3 heterocycles. The summed E-state index contributed by atoms with van der Waals surface area (Å²) in [6.07, 6.45) is 1.46. The summed E-state index contributed by atoms with van der Waals surface area (Å²) >= 11 is 1.49. The lowest BCUT2D eigenvalue weighted by molar-refractivity contribution is -0.0440. The average molecular weight is 544 g/mol. The molecular formula is C27H33N3O5S2. The number of carbonyl (C=O) groups is 1. The van der Waals surface area contributed by atoms with Crippen LogP contribution in [-0.2, 0) is 19.5 Å². The number of nitrogens with zero attached hydrogens (tertiary/aromatic N) is 3. The molecule has 2 saturated heterocycles. The fraction of sp³-hybridized carbons (Fsp3) is 0.481. The summed E-state index contributed by atoms with van der Waals surface area (Å²) < 4.78 is 40.5. The number of fused-ring (bicyclic) bond motifs is 1. The number of ether oxygens (including phenoxy) is 2. The second-order valence-electron chi connectivity index (χ2n) is 10.1. The predicted molar refractivity (Wildman–Crippen MR) is 145 cm³/mol. The van der Waals surface area contributed by atoms with E-state index in [2.05, 4.69) is 19.1 Å². The smallest absolute Gasteiger partial charge is 0.260 e. The Hall–Kier alpha value is -2.37. The highest BCUT2D eigenvalue weighted by atomic mass is 32.2. The number of hydrogen-bond donors (Lipinski definition) is 0. The number of sulfonamides is 1. The van der Waals surface area contributed by atoms with E-state index in [1.54, 1.807) is 17.0 Å². The van der Waals surface area contributed by atoms with Crippen LogP contribution < -0.4 is 4.90 Å². The van der Waals surface area contributed by atoms with Crippen LogP contribution in [-0.4, -0.2) is 68.2 Å². The third-order valence-electron chi connectivity index (χ3n) is 6.83. The van der Waals surface area contributed by atoms with Gasteiger partial charge in [-0.2, -0.15) is 4.31 Å². The van der Waals surface area contributed by atoms with Crippen LogP contribution in [0.25, 0.3) is 10.2 Å². The van der Waals surface area contributed by atoms with Gasteiger partial charge in [0, 0.05) is 25.3 Å². The lowest BCUT2D eigenvalue weighted by Gasteiger charge is -2.34. The normalized spacial score (nSPS) is 23.0. The van der Waals surface area contributed by atoms with Crippen molar-refractivity contribution in [2.75, 3.05) is 31.1 Å². The van der Waals surface area contributed by atoms with Gasteiger partial charge in [0.15, 0.2) is 5.13 Å². The van der Waals surface area contributed by atoms with E-state index in [1.165, 1.54) is 27.8 Å². The van der Waals surface area contributed by atoms with Crippen molar-refractivity contribution in [3.8, 4) is 0 Å². The van der Waals surface area contributed by atoms with Crippen molar-refractivity contribution in [2.24, 2.45) is 0 Å². The molecule has 37 heavy (non-hydrogen) atoms. The van der Waals surface area contributed by atoms with Crippen molar-refractivity contribution >= 4 is 42.6 Å². The molecule has 8 nitrogen and oxygen atoms in total. The first kappa shape index (κ1) is 26.2. The maximum atomic E-state index is 13.8. The van der Waals surface area contributed by atoms with Gasteiger partial charge in [-0.1, -0.05) is 17.4 Å². The largest absolute Gasteiger partial charge is 0.376 e. The van der Waals surface area contributed by atoms with E-state index in [0.717, 1.165) is 34.2 Å². The zero-order valence-electron chi connectivity index (χ0n) is 21.6. The molecule has 1 aromatic heterocycles. The molecular weight excluding hydrogens is 510 g/mol. The average Bonchev–Trinajstić information content (AvgIpc) is 3.51. The Morgan fingerprint density at radius 2 is 1.84 bits per heavy atom. The SMILES string of the molecule is Cc1cc(C)c2nc(N(CC3CCCO3)C(=O)c3ccc(S(=O)(=O)N4CC(C)OC(C)C4)cc3)sc2c1. The molecule has 2 aliphatic rings. The first-order valence-electron chi connectivity index (χ1n) is 12.7. The number of morpholine rings is 1. The van der Waals surface area contributed by atoms with Crippen molar-refractivity contribution in [3.63, 3.8) is 0 Å². The van der Waals surface area contributed by atoms with E-state index in [0.29, 0.717) is 36.9 Å². The van der Waals surface area contributed by atoms with Gasteiger partial charge >= 0.3 is 0 Å². The number of anilines is 1. The summed E-state index contributed by atoms with van der Waals surface area (Å²) in [4.78, 5) is 20.5. The quantitative estimate of drug-likeness (QED) is 0.454. The molecule has 3 aromatic rings. The van der Waals surface area contributed by atoms with Crippen molar-refractivity contribution < 1.29 is 22.7 Å². The second kappa shape index (κ2) is 10.4. The summed E-state index contributed by atoms with van der Waals surface area (Å²) in [5, 5.41) is 0.622. The Bertz CT molecular complexity index is 1390. The summed E-state index contributed by atoms with van der Waals surface area (Å²) in [5.74, 6) is -0.221. The van der Waals surface area contributed by atoms with Gasteiger partial charge in [-0.25, -0.2) is 13.4 Å². The number of aryl methyl sites for hydroxylation is 2. The van der Waals surface area contributed by atoms with E-state index < -0.39 is 10.0 Å². The number of thiazole rings is 1. The van der Waals surface area contributed by atoms with Crippen LogP contribution >= 0.6 is 11.3 Å². The lowest BCUT2D eigenvalue weighted by Crippen LogP contribution is -2.48. The predicted octanol–water partition coefficient (Wildman–Crippen LogP) is 4.54. The van der Waals surface area contributed by atoms with Crippen molar-refractivity contribution in [1.82, 2.24) is 9.29 Å². The molecule has 198 valence electrons.